The molecule has 3 atom stereocenters. The van der Waals surface area contributed by atoms with Gasteiger partial charge in [0.2, 0.25) is 8.32 Å². The highest BCUT2D eigenvalue weighted by atomic mass is 28.4. The molecule has 156 valence electrons. The molecule has 5 nitrogen and oxygen atoms in total. The van der Waals surface area contributed by atoms with Gasteiger partial charge in [-0.3, -0.25) is 4.79 Å². The van der Waals surface area contributed by atoms with E-state index in [9.17, 15) is 4.79 Å². The highest BCUT2D eigenvalue weighted by molar-refractivity contribution is 6.72. The molecule has 0 aliphatic carbocycles. The number of hydrogen-bond donors (Lipinski definition) is 0. The molecule has 0 rings (SSSR count). The van der Waals surface area contributed by atoms with Gasteiger partial charge in [0.05, 0.1) is 6.10 Å². The average Bonchev–Trinajstić information content (AvgIpc) is 2.26. The van der Waals surface area contributed by atoms with E-state index >= 15 is 0 Å². The first kappa shape index (κ1) is 26.2. The number of carbonyl (C=O) groups is 1. The van der Waals surface area contributed by atoms with Crippen LogP contribution in [0.2, 0.25) is 78.6 Å². The highest BCUT2D eigenvalue weighted by Gasteiger charge is 2.43. The van der Waals surface area contributed by atoms with Crippen LogP contribution in [0.4, 0.5) is 0 Å². The highest BCUT2D eigenvalue weighted by Crippen LogP contribution is 2.25. The summed E-state index contributed by atoms with van der Waals surface area (Å²) in [4.78, 5) is 13.0. The third-order valence-electron chi connectivity index (χ3n) is 2.91. The molecule has 0 heterocycles. The normalized spacial score (nSPS) is 17.6. The third-order valence-corrected chi connectivity index (χ3v) is 6.74. The van der Waals surface area contributed by atoms with Crippen LogP contribution in [0.15, 0.2) is 0 Å². The maximum absolute atomic E-state index is 13.0. The lowest BCUT2D eigenvalue weighted by molar-refractivity contribution is -0.151. The first-order valence-corrected chi connectivity index (χ1v) is 23.1. The summed E-state index contributed by atoms with van der Waals surface area (Å²) >= 11 is 0. The Hall–Kier alpha value is 0.218. The number of carbonyl (C=O) groups excluding carboxylic acids is 1. The van der Waals surface area contributed by atoms with Gasteiger partial charge < -0.3 is 17.7 Å². The Kier molecular flexibility index (Phi) is 9.22. The van der Waals surface area contributed by atoms with Gasteiger partial charge in [0.15, 0.2) is 31.1 Å². The van der Waals surface area contributed by atoms with E-state index in [2.05, 4.69) is 58.9 Å². The van der Waals surface area contributed by atoms with Crippen molar-refractivity contribution >= 4 is 39.2 Å². The SMILES string of the molecule is CC(O[Si](C)(C)C)C(O[Si](C)(C)C)C(O[Si](C)(C)C)C(=O)O[Si](C)(C)C. The van der Waals surface area contributed by atoms with E-state index in [1.807, 2.05) is 26.6 Å². The average molecular weight is 439 g/mol. The zero-order chi connectivity index (χ0) is 21.1. The molecule has 0 saturated heterocycles. The summed E-state index contributed by atoms with van der Waals surface area (Å²) in [7, 11) is -7.75. The summed E-state index contributed by atoms with van der Waals surface area (Å²) < 4.78 is 24.9. The fourth-order valence-corrected chi connectivity index (χ4v) is 6.52. The predicted octanol–water partition coefficient (Wildman–Crippen LogP) is 5.04. The van der Waals surface area contributed by atoms with E-state index in [-0.39, 0.29) is 12.1 Å². The molecule has 0 N–H and O–H groups in total. The van der Waals surface area contributed by atoms with Crippen molar-refractivity contribution in [3.63, 3.8) is 0 Å². The van der Waals surface area contributed by atoms with Crippen LogP contribution in [0.5, 0.6) is 0 Å². The summed E-state index contributed by atoms with van der Waals surface area (Å²) in [5.74, 6) is -0.305. The smallest absolute Gasteiger partial charge is 0.323 e. The van der Waals surface area contributed by atoms with Gasteiger partial charge in [-0.2, -0.15) is 0 Å². The van der Waals surface area contributed by atoms with Gasteiger partial charge in [-0.15, -0.1) is 0 Å². The van der Waals surface area contributed by atoms with Crippen molar-refractivity contribution in [3.05, 3.63) is 0 Å². The molecule has 0 aromatic heterocycles. The van der Waals surface area contributed by atoms with Gasteiger partial charge in [0, 0.05) is 0 Å². The molecule has 0 saturated carbocycles. The summed E-state index contributed by atoms with van der Waals surface area (Å²) in [6.45, 7) is 27.0. The van der Waals surface area contributed by atoms with Gasteiger partial charge in [0.25, 0.3) is 0 Å². The van der Waals surface area contributed by atoms with Crippen molar-refractivity contribution in [2.45, 2.75) is 104 Å². The van der Waals surface area contributed by atoms with Crippen molar-refractivity contribution in [1.29, 1.82) is 0 Å². The lowest BCUT2D eigenvalue weighted by Gasteiger charge is -2.40. The first-order valence-electron chi connectivity index (χ1n) is 9.46. The van der Waals surface area contributed by atoms with E-state index in [0.717, 1.165) is 0 Å². The molecular weight excluding hydrogens is 397 g/mol. The van der Waals surface area contributed by atoms with E-state index in [4.69, 9.17) is 17.7 Å². The first-order chi connectivity index (χ1) is 11.2. The fourth-order valence-electron chi connectivity index (χ4n) is 2.43. The van der Waals surface area contributed by atoms with Crippen molar-refractivity contribution in [1.82, 2.24) is 0 Å². The topological polar surface area (TPSA) is 54.0 Å². The van der Waals surface area contributed by atoms with Crippen LogP contribution in [-0.2, 0) is 22.5 Å². The maximum Gasteiger partial charge on any atom is 0.323 e. The van der Waals surface area contributed by atoms with Gasteiger partial charge in [-0.1, -0.05) is 0 Å². The van der Waals surface area contributed by atoms with Crippen molar-refractivity contribution in [2.24, 2.45) is 0 Å². The minimum absolute atomic E-state index is 0.232. The number of hydrogen-bond acceptors (Lipinski definition) is 5. The van der Waals surface area contributed by atoms with E-state index in [0.29, 0.717) is 0 Å². The second-order valence-corrected chi connectivity index (χ2v) is 28.6. The Morgan fingerprint density at radius 1 is 0.615 bits per heavy atom. The summed E-state index contributed by atoms with van der Waals surface area (Å²) in [6.07, 6.45) is -1.43. The summed E-state index contributed by atoms with van der Waals surface area (Å²) in [5, 5.41) is 0. The summed E-state index contributed by atoms with van der Waals surface area (Å²) in [6, 6.07) is 0. The summed E-state index contributed by atoms with van der Waals surface area (Å²) in [5.41, 5.74) is 0. The minimum Gasteiger partial charge on any atom is -0.518 e. The molecule has 0 aromatic rings. The molecule has 0 aliphatic rings. The van der Waals surface area contributed by atoms with Crippen LogP contribution in [0, 0.1) is 0 Å². The molecule has 0 bridgehead atoms. The molecule has 0 aromatic carbocycles. The second kappa shape index (κ2) is 9.14. The minimum atomic E-state index is -2.04. The van der Waals surface area contributed by atoms with Crippen LogP contribution >= 0.6 is 0 Å². The van der Waals surface area contributed by atoms with Crippen molar-refractivity contribution in [3.8, 4) is 0 Å². The van der Waals surface area contributed by atoms with Gasteiger partial charge in [-0.25, -0.2) is 0 Å². The molecule has 3 unspecified atom stereocenters. The second-order valence-electron chi connectivity index (χ2n) is 10.8. The molecule has 0 amide bonds. The Balaban J connectivity index is 5.85. The van der Waals surface area contributed by atoms with Gasteiger partial charge >= 0.3 is 5.97 Å². The standard InChI is InChI=1S/C17H42O5Si4/c1-14(19-23(2,3)4)15(20-24(5,6)7)16(21-25(8,9)10)17(18)22-26(11,12)13/h14-16H,1-13H3. The Bertz CT molecular complexity index is 458. The van der Waals surface area contributed by atoms with Crippen LogP contribution in [0.1, 0.15) is 6.92 Å². The van der Waals surface area contributed by atoms with E-state index in [1.54, 1.807) is 0 Å². The van der Waals surface area contributed by atoms with E-state index in [1.165, 1.54) is 0 Å². The van der Waals surface area contributed by atoms with Crippen LogP contribution in [-0.4, -0.2) is 57.6 Å². The molecule has 9 heteroatoms. The van der Waals surface area contributed by atoms with E-state index < -0.39 is 45.5 Å². The van der Waals surface area contributed by atoms with Crippen molar-refractivity contribution in [2.75, 3.05) is 0 Å². The molecule has 0 fully saturated rings. The molecular formula is C17H42O5Si4. The Morgan fingerprint density at radius 3 is 1.31 bits per heavy atom. The molecule has 0 radical (unpaired) electrons. The Morgan fingerprint density at radius 2 is 1.00 bits per heavy atom. The van der Waals surface area contributed by atoms with Crippen LogP contribution in [0.25, 0.3) is 0 Å². The zero-order valence-electron chi connectivity index (χ0n) is 19.3. The lowest BCUT2D eigenvalue weighted by atomic mass is 10.1. The lowest BCUT2D eigenvalue weighted by Crippen LogP contribution is -2.56. The zero-order valence-corrected chi connectivity index (χ0v) is 23.3. The monoisotopic (exact) mass is 438 g/mol. The number of rotatable bonds is 10. The largest absolute Gasteiger partial charge is 0.518 e. The molecule has 26 heavy (non-hydrogen) atoms. The van der Waals surface area contributed by atoms with Crippen molar-refractivity contribution < 1.29 is 22.5 Å². The Labute approximate surface area is 165 Å². The third kappa shape index (κ3) is 12.6. The predicted molar refractivity (Wildman–Crippen MR) is 120 cm³/mol. The quantitative estimate of drug-likeness (QED) is 0.447. The molecule has 0 aliphatic heterocycles. The van der Waals surface area contributed by atoms with Gasteiger partial charge in [-0.05, 0) is 85.5 Å². The van der Waals surface area contributed by atoms with Gasteiger partial charge in [0.1, 0.15) is 6.10 Å². The maximum atomic E-state index is 13.0. The van der Waals surface area contributed by atoms with Crippen LogP contribution in [0.3, 0.4) is 0 Å². The van der Waals surface area contributed by atoms with Crippen LogP contribution < -0.4 is 0 Å². The molecule has 0 spiro atoms. The fraction of sp³-hybridized carbons (Fsp3) is 0.941.